The van der Waals surface area contributed by atoms with Crippen molar-refractivity contribution in [3.8, 4) is 17.1 Å². The molecule has 10 aromatic rings. The van der Waals surface area contributed by atoms with Crippen LogP contribution in [0.2, 0.25) is 0 Å². The summed E-state index contributed by atoms with van der Waals surface area (Å²) in [6.45, 7) is 6.94. The minimum atomic E-state index is 0.202. The van der Waals surface area contributed by atoms with Gasteiger partial charge in [0.15, 0.2) is 0 Å². The fraction of sp³-hybridized carbons (Fsp3) is 0.106. The molecule has 7 aromatic carbocycles. The standard InChI is InChI=1S/C47H37N3/c1-47(2,3)30-31-13-12-14-32(27-31)48-45-25-23-33(49-41-19-8-4-15-35(41)36-16-5-9-20-42(36)49)28-39(45)40-29-34(24-26-46(40)48)50-43-21-10-6-17-37(43)38-18-7-11-22-44(38)50/h4-29H,30H2,1-3H3. The van der Waals surface area contributed by atoms with Crippen LogP contribution in [0.15, 0.2) is 158 Å². The molecular formula is C47H37N3. The highest BCUT2D eigenvalue weighted by molar-refractivity contribution is 6.14. The molecule has 50 heavy (non-hydrogen) atoms. The third-order valence-electron chi connectivity index (χ3n) is 10.3. The number of nitrogens with zero attached hydrogens (tertiary/aromatic N) is 3. The van der Waals surface area contributed by atoms with E-state index in [9.17, 15) is 0 Å². The molecule has 0 aliphatic heterocycles. The summed E-state index contributed by atoms with van der Waals surface area (Å²) in [7, 11) is 0. The molecule has 0 fully saturated rings. The van der Waals surface area contributed by atoms with Crippen molar-refractivity contribution in [1.82, 2.24) is 13.7 Å². The first-order valence-electron chi connectivity index (χ1n) is 17.6. The normalized spacial score (nSPS) is 12.4. The van der Waals surface area contributed by atoms with E-state index in [-0.39, 0.29) is 5.41 Å². The number of hydrogen-bond acceptors (Lipinski definition) is 0. The number of rotatable bonds is 4. The summed E-state index contributed by atoms with van der Waals surface area (Å²) in [5, 5.41) is 7.57. The van der Waals surface area contributed by atoms with Crippen molar-refractivity contribution in [2.75, 3.05) is 0 Å². The molecule has 10 rings (SSSR count). The highest BCUT2D eigenvalue weighted by Gasteiger charge is 2.19. The number of benzene rings is 7. The van der Waals surface area contributed by atoms with Crippen molar-refractivity contribution in [3.05, 3.63) is 163 Å². The van der Waals surface area contributed by atoms with Crippen LogP contribution in [0.5, 0.6) is 0 Å². The van der Waals surface area contributed by atoms with Crippen molar-refractivity contribution in [2.45, 2.75) is 27.2 Å². The molecule has 3 heteroatoms. The zero-order valence-corrected chi connectivity index (χ0v) is 28.6. The summed E-state index contributed by atoms with van der Waals surface area (Å²) in [5.74, 6) is 0. The number of para-hydroxylation sites is 4. The molecule has 0 spiro atoms. The third kappa shape index (κ3) is 4.36. The van der Waals surface area contributed by atoms with E-state index in [1.54, 1.807) is 0 Å². The van der Waals surface area contributed by atoms with Gasteiger partial charge in [0.05, 0.1) is 33.1 Å². The van der Waals surface area contributed by atoms with Gasteiger partial charge in [-0.05, 0) is 90.2 Å². The van der Waals surface area contributed by atoms with Crippen molar-refractivity contribution in [2.24, 2.45) is 5.41 Å². The Morgan fingerprint density at radius 2 is 0.700 bits per heavy atom. The van der Waals surface area contributed by atoms with Crippen LogP contribution in [0.3, 0.4) is 0 Å². The Kier molecular flexibility index (Phi) is 6.20. The SMILES string of the molecule is CC(C)(C)Cc1cccc(-n2c3ccc(-n4c5ccccc5c5ccccc54)cc3c3cc(-n4c5ccccc5c5ccccc54)ccc32)c1. The lowest BCUT2D eigenvalue weighted by Crippen LogP contribution is -2.09. The number of fused-ring (bicyclic) bond motifs is 9. The van der Waals surface area contributed by atoms with Gasteiger partial charge in [-0.1, -0.05) is 106 Å². The largest absolute Gasteiger partial charge is 0.309 e. The van der Waals surface area contributed by atoms with Gasteiger partial charge in [0.1, 0.15) is 0 Å². The van der Waals surface area contributed by atoms with Crippen LogP contribution in [0, 0.1) is 5.41 Å². The van der Waals surface area contributed by atoms with Gasteiger partial charge in [0.2, 0.25) is 0 Å². The molecule has 0 N–H and O–H groups in total. The van der Waals surface area contributed by atoms with Gasteiger partial charge in [-0.3, -0.25) is 0 Å². The molecule has 3 nitrogen and oxygen atoms in total. The van der Waals surface area contributed by atoms with Gasteiger partial charge in [0.25, 0.3) is 0 Å². The van der Waals surface area contributed by atoms with Crippen LogP contribution < -0.4 is 0 Å². The van der Waals surface area contributed by atoms with Crippen LogP contribution >= 0.6 is 0 Å². The average Bonchev–Trinajstić information content (AvgIpc) is 3.76. The Labute approximate surface area is 291 Å². The van der Waals surface area contributed by atoms with Crippen LogP contribution in [-0.2, 0) is 6.42 Å². The average molecular weight is 644 g/mol. The summed E-state index contributed by atoms with van der Waals surface area (Å²) in [6, 6.07) is 58.2. The monoisotopic (exact) mass is 643 g/mol. The Balaban J connectivity index is 1.28. The predicted octanol–water partition coefficient (Wildman–Crippen LogP) is 12.6. The Hall–Kier alpha value is -6.06. The fourth-order valence-corrected chi connectivity index (χ4v) is 8.37. The third-order valence-corrected chi connectivity index (χ3v) is 10.3. The zero-order valence-electron chi connectivity index (χ0n) is 28.6. The second kappa shape index (κ2) is 10.7. The van der Waals surface area contributed by atoms with Gasteiger partial charge in [-0.2, -0.15) is 0 Å². The lowest BCUT2D eigenvalue weighted by molar-refractivity contribution is 0.411. The molecule has 0 atom stereocenters. The lowest BCUT2D eigenvalue weighted by Gasteiger charge is -2.19. The molecule has 0 aliphatic rings. The van der Waals surface area contributed by atoms with E-state index in [0.29, 0.717) is 0 Å². The first-order valence-corrected chi connectivity index (χ1v) is 17.6. The quantitative estimate of drug-likeness (QED) is 0.181. The fourth-order valence-electron chi connectivity index (χ4n) is 8.37. The summed E-state index contributed by atoms with van der Waals surface area (Å²) >= 11 is 0. The minimum absolute atomic E-state index is 0.202. The van der Waals surface area contributed by atoms with Crippen LogP contribution in [0.25, 0.3) is 82.5 Å². The molecular weight excluding hydrogens is 607 g/mol. The molecule has 3 aromatic heterocycles. The molecule has 0 saturated heterocycles. The van der Waals surface area contributed by atoms with Crippen molar-refractivity contribution in [3.63, 3.8) is 0 Å². The van der Waals surface area contributed by atoms with Crippen molar-refractivity contribution >= 4 is 65.4 Å². The molecule has 0 saturated carbocycles. The first kappa shape index (κ1) is 28.9. The highest BCUT2D eigenvalue weighted by atomic mass is 15.0. The summed E-state index contributed by atoms with van der Waals surface area (Å²) in [5.41, 5.74) is 12.4. The molecule has 0 aliphatic carbocycles. The highest BCUT2D eigenvalue weighted by Crippen LogP contribution is 2.39. The summed E-state index contributed by atoms with van der Waals surface area (Å²) < 4.78 is 7.31. The smallest absolute Gasteiger partial charge is 0.0542 e. The minimum Gasteiger partial charge on any atom is -0.309 e. The number of hydrogen-bond donors (Lipinski definition) is 0. The van der Waals surface area contributed by atoms with Crippen molar-refractivity contribution in [1.29, 1.82) is 0 Å². The van der Waals surface area contributed by atoms with E-state index in [4.69, 9.17) is 0 Å². The summed E-state index contributed by atoms with van der Waals surface area (Å²) in [4.78, 5) is 0. The van der Waals surface area contributed by atoms with Gasteiger partial charge < -0.3 is 13.7 Å². The predicted molar refractivity (Wildman–Crippen MR) is 213 cm³/mol. The molecule has 0 radical (unpaired) electrons. The van der Waals surface area contributed by atoms with E-state index in [1.165, 1.54) is 76.7 Å². The van der Waals surface area contributed by atoms with Gasteiger partial charge in [0, 0.05) is 49.4 Å². The Morgan fingerprint density at radius 1 is 0.340 bits per heavy atom. The zero-order chi connectivity index (χ0) is 33.6. The van der Waals surface area contributed by atoms with E-state index in [1.807, 2.05) is 0 Å². The van der Waals surface area contributed by atoms with Gasteiger partial charge >= 0.3 is 0 Å². The Morgan fingerprint density at radius 3 is 1.10 bits per heavy atom. The van der Waals surface area contributed by atoms with E-state index < -0.39 is 0 Å². The maximum absolute atomic E-state index is 2.46. The first-order chi connectivity index (χ1) is 24.4. The Bertz CT molecular complexity index is 2660. The van der Waals surface area contributed by atoms with E-state index >= 15 is 0 Å². The van der Waals surface area contributed by atoms with Crippen LogP contribution in [0.4, 0.5) is 0 Å². The molecule has 0 unspecified atom stereocenters. The molecule has 0 amide bonds. The van der Waals surface area contributed by atoms with Crippen molar-refractivity contribution < 1.29 is 0 Å². The second-order valence-electron chi connectivity index (χ2n) is 14.9. The maximum atomic E-state index is 2.46. The molecule has 3 heterocycles. The lowest BCUT2D eigenvalue weighted by atomic mass is 9.88. The molecule has 240 valence electrons. The molecule has 0 bridgehead atoms. The second-order valence-corrected chi connectivity index (χ2v) is 14.9. The number of aromatic nitrogens is 3. The summed E-state index contributed by atoms with van der Waals surface area (Å²) in [6.07, 6.45) is 1.02. The van der Waals surface area contributed by atoms with E-state index in [2.05, 4.69) is 192 Å². The van der Waals surface area contributed by atoms with E-state index in [0.717, 1.165) is 17.8 Å². The van der Waals surface area contributed by atoms with Crippen LogP contribution in [-0.4, -0.2) is 13.7 Å². The maximum Gasteiger partial charge on any atom is 0.0542 e. The van der Waals surface area contributed by atoms with Crippen LogP contribution in [0.1, 0.15) is 26.3 Å². The topological polar surface area (TPSA) is 14.8 Å². The van der Waals surface area contributed by atoms with Gasteiger partial charge in [-0.25, -0.2) is 0 Å². The van der Waals surface area contributed by atoms with Gasteiger partial charge in [-0.15, -0.1) is 0 Å².